The standard InChI is InChI=1S/C18H22N2O3/c21-16-12-18(13-4-1-2-5-14(13)19-16)7-9-20(10-8-18)17(22)15-6-3-11-23-15/h1-2,4-5,15H,3,6-12H2,(H,19,21)/t15-/m1/s1. The summed E-state index contributed by atoms with van der Waals surface area (Å²) in [5.74, 6) is 0.216. The molecule has 1 spiro atoms. The van der Waals surface area contributed by atoms with Gasteiger partial charge in [0.1, 0.15) is 6.10 Å². The van der Waals surface area contributed by atoms with Gasteiger partial charge in [0.25, 0.3) is 5.91 Å². The molecule has 5 nitrogen and oxygen atoms in total. The molecule has 0 aromatic heterocycles. The Morgan fingerprint density at radius 3 is 2.78 bits per heavy atom. The monoisotopic (exact) mass is 314 g/mol. The highest BCUT2D eigenvalue weighted by atomic mass is 16.5. The molecule has 1 aromatic rings. The second kappa shape index (κ2) is 5.64. The van der Waals surface area contributed by atoms with Crippen LogP contribution >= 0.6 is 0 Å². The van der Waals surface area contributed by atoms with Crippen LogP contribution in [0.15, 0.2) is 24.3 Å². The van der Waals surface area contributed by atoms with Gasteiger partial charge in [0.15, 0.2) is 0 Å². The number of hydrogen-bond acceptors (Lipinski definition) is 3. The van der Waals surface area contributed by atoms with Gasteiger partial charge in [-0.15, -0.1) is 0 Å². The first-order valence-electron chi connectivity index (χ1n) is 8.48. The Labute approximate surface area is 136 Å². The zero-order valence-electron chi connectivity index (χ0n) is 13.2. The van der Waals surface area contributed by atoms with Gasteiger partial charge in [-0.1, -0.05) is 18.2 Å². The van der Waals surface area contributed by atoms with E-state index in [1.165, 1.54) is 5.56 Å². The fraction of sp³-hybridized carbons (Fsp3) is 0.556. The Morgan fingerprint density at radius 1 is 1.26 bits per heavy atom. The molecule has 1 aromatic carbocycles. The number of likely N-dealkylation sites (tertiary alicyclic amines) is 1. The normalized spacial score (nSPS) is 26.0. The van der Waals surface area contributed by atoms with Crippen molar-refractivity contribution < 1.29 is 14.3 Å². The number of carbonyl (C=O) groups excluding carboxylic acids is 2. The molecular weight excluding hydrogens is 292 g/mol. The van der Waals surface area contributed by atoms with Crippen molar-refractivity contribution in [1.82, 2.24) is 4.90 Å². The number of anilines is 1. The lowest BCUT2D eigenvalue weighted by molar-refractivity contribution is -0.142. The maximum atomic E-state index is 12.5. The Hall–Kier alpha value is -1.88. The summed E-state index contributed by atoms with van der Waals surface area (Å²) in [7, 11) is 0. The van der Waals surface area contributed by atoms with Crippen molar-refractivity contribution in [3.05, 3.63) is 29.8 Å². The summed E-state index contributed by atoms with van der Waals surface area (Å²) in [6.45, 7) is 2.11. The van der Waals surface area contributed by atoms with Crippen LogP contribution in [0.2, 0.25) is 0 Å². The number of nitrogens with zero attached hydrogens (tertiary/aromatic N) is 1. The van der Waals surface area contributed by atoms with Crippen LogP contribution in [0.1, 0.15) is 37.7 Å². The molecule has 3 aliphatic rings. The van der Waals surface area contributed by atoms with Crippen LogP contribution in [0.3, 0.4) is 0 Å². The number of carbonyl (C=O) groups is 2. The number of para-hydroxylation sites is 1. The minimum atomic E-state index is -0.244. The molecule has 0 unspecified atom stereocenters. The van der Waals surface area contributed by atoms with E-state index in [1.54, 1.807) is 0 Å². The topological polar surface area (TPSA) is 58.6 Å². The van der Waals surface area contributed by atoms with Crippen LogP contribution in [0.5, 0.6) is 0 Å². The molecular formula is C18H22N2O3. The molecule has 1 atom stereocenters. The Bertz CT molecular complexity index is 629. The molecule has 0 aliphatic carbocycles. The molecule has 4 rings (SSSR count). The Morgan fingerprint density at radius 2 is 2.04 bits per heavy atom. The van der Waals surface area contributed by atoms with E-state index < -0.39 is 0 Å². The molecule has 122 valence electrons. The van der Waals surface area contributed by atoms with E-state index in [9.17, 15) is 9.59 Å². The zero-order chi connectivity index (χ0) is 15.9. The van der Waals surface area contributed by atoms with E-state index in [1.807, 2.05) is 23.1 Å². The summed E-state index contributed by atoms with van der Waals surface area (Å²) < 4.78 is 5.52. The quantitative estimate of drug-likeness (QED) is 0.863. The van der Waals surface area contributed by atoms with Crippen molar-refractivity contribution in [2.75, 3.05) is 25.0 Å². The fourth-order valence-electron chi connectivity index (χ4n) is 4.23. The van der Waals surface area contributed by atoms with Crippen molar-refractivity contribution in [3.63, 3.8) is 0 Å². The molecule has 0 saturated carbocycles. The third-order valence-corrected chi connectivity index (χ3v) is 5.51. The molecule has 0 bridgehead atoms. The van der Waals surface area contributed by atoms with Crippen LogP contribution in [0, 0.1) is 0 Å². The largest absolute Gasteiger partial charge is 0.368 e. The SMILES string of the molecule is O=C1CC2(CCN(C(=O)[C@H]3CCCO3)CC2)c2ccccc2N1. The first-order valence-corrected chi connectivity index (χ1v) is 8.48. The fourth-order valence-corrected chi connectivity index (χ4v) is 4.23. The number of ether oxygens (including phenoxy) is 1. The summed E-state index contributed by atoms with van der Waals surface area (Å²) in [6.07, 6.45) is 3.77. The average Bonchev–Trinajstić information content (AvgIpc) is 3.09. The highest BCUT2D eigenvalue weighted by molar-refractivity contribution is 5.95. The highest BCUT2D eigenvalue weighted by Gasteiger charge is 2.43. The number of amides is 2. The third kappa shape index (κ3) is 2.53. The average molecular weight is 314 g/mol. The molecule has 2 amide bonds. The Kier molecular flexibility index (Phi) is 3.60. The maximum Gasteiger partial charge on any atom is 0.251 e. The van der Waals surface area contributed by atoms with Crippen molar-refractivity contribution in [3.8, 4) is 0 Å². The first kappa shape index (κ1) is 14.7. The summed E-state index contributed by atoms with van der Waals surface area (Å²) in [5, 5.41) is 2.97. The third-order valence-electron chi connectivity index (χ3n) is 5.51. The van der Waals surface area contributed by atoms with Crippen LogP contribution in [-0.2, 0) is 19.7 Å². The number of rotatable bonds is 1. The van der Waals surface area contributed by atoms with E-state index >= 15 is 0 Å². The van der Waals surface area contributed by atoms with Gasteiger partial charge in [0.2, 0.25) is 5.91 Å². The smallest absolute Gasteiger partial charge is 0.251 e. The summed E-state index contributed by atoms with van der Waals surface area (Å²) in [6, 6.07) is 8.07. The lowest BCUT2D eigenvalue weighted by atomic mass is 9.68. The molecule has 0 radical (unpaired) electrons. The van der Waals surface area contributed by atoms with E-state index in [0.717, 1.165) is 31.4 Å². The second-order valence-corrected chi connectivity index (χ2v) is 6.88. The van der Waals surface area contributed by atoms with Crippen LogP contribution < -0.4 is 5.32 Å². The first-order chi connectivity index (χ1) is 11.2. The van der Waals surface area contributed by atoms with Crippen LogP contribution in [0.25, 0.3) is 0 Å². The Balaban J connectivity index is 1.52. The highest BCUT2D eigenvalue weighted by Crippen LogP contribution is 2.45. The predicted molar refractivity (Wildman–Crippen MR) is 86.2 cm³/mol. The second-order valence-electron chi connectivity index (χ2n) is 6.88. The van der Waals surface area contributed by atoms with Crippen molar-refractivity contribution in [1.29, 1.82) is 0 Å². The van der Waals surface area contributed by atoms with Gasteiger partial charge in [0, 0.05) is 37.2 Å². The lowest BCUT2D eigenvalue weighted by Crippen LogP contribution is -2.50. The van der Waals surface area contributed by atoms with Gasteiger partial charge in [-0.2, -0.15) is 0 Å². The molecule has 23 heavy (non-hydrogen) atoms. The van der Waals surface area contributed by atoms with Gasteiger partial charge in [-0.25, -0.2) is 0 Å². The van der Waals surface area contributed by atoms with E-state index in [2.05, 4.69) is 11.4 Å². The van der Waals surface area contributed by atoms with Gasteiger partial charge >= 0.3 is 0 Å². The van der Waals surface area contributed by atoms with Crippen LogP contribution in [-0.4, -0.2) is 42.5 Å². The van der Waals surface area contributed by atoms with Crippen molar-refractivity contribution in [2.24, 2.45) is 0 Å². The maximum absolute atomic E-state index is 12.5. The number of piperidine rings is 1. The predicted octanol–water partition coefficient (Wildman–Crippen LogP) is 2.07. The zero-order valence-corrected chi connectivity index (χ0v) is 13.2. The molecule has 2 saturated heterocycles. The number of hydrogen-bond donors (Lipinski definition) is 1. The van der Waals surface area contributed by atoms with Gasteiger partial charge in [-0.3, -0.25) is 9.59 Å². The van der Waals surface area contributed by atoms with Crippen LogP contribution in [0.4, 0.5) is 5.69 Å². The number of benzene rings is 1. The van der Waals surface area contributed by atoms with E-state index in [4.69, 9.17) is 4.74 Å². The minimum absolute atomic E-state index is 0.0857. The van der Waals surface area contributed by atoms with Gasteiger partial charge in [-0.05, 0) is 37.3 Å². The molecule has 3 heterocycles. The lowest BCUT2D eigenvalue weighted by Gasteiger charge is -2.45. The minimum Gasteiger partial charge on any atom is -0.368 e. The van der Waals surface area contributed by atoms with Crippen molar-refractivity contribution in [2.45, 2.75) is 43.6 Å². The molecule has 2 fully saturated rings. The van der Waals surface area contributed by atoms with E-state index in [0.29, 0.717) is 26.1 Å². The number of fused-ring (bicyclic) bond motifs is 2. The van der Waals surface area contributed by atoms with E-state index in [-0.39, 0.29) is 23.3 Å². The van der Waals surface area contributed by atoms with Gasteiger partial charge in [0.05, 0.1) is 0 Å². The molecule has 5 heteroatoms. The molecule has 1 N–H and O–H groups in total. The van der Waals surface area contributed by atoms with Gasteiger partial charge < -0.3 is 15.0 Å². The molecule has 3 aliphatic heterocycles. The van der Waals surface area contributed by atoms with Crippen molar-refractivity contribution >= 4 is 17.5 Å². The summed E-state index contributed by atoms with van der Waals surface area (Å²) in [5.41, 5.74) is 2.04. The summed E-state index contributed by atoms with van der Waals surface area (Å²) >= 11 is 0. The number of nitrogens with one attached hydrogen (secondary N) is 1. The summed E-state index contributed by atoms with van der Waals surface area (Å²) in [4.78, 5) is 26.5.